The molecule has 0 spiro atoms. The summed E-state index contributed by atoms with van der Waals surface area (Å²) in [6.45, 7) is 4.07. The van der Waals surface area contributed by atoms with Crippen LogP contribution in [-0.2, 0) is 16.1 Å². The number of phenols is 1. The van der Waals surface area contributed by atoms with Crippen LogP contribution in [-0.4, -0.2) is 17.7 Å². The van der Waals surface area contributed by atoms with Gasteiger partial charge in [0.25, 0.3) is 0 Å². The van der Waals surface area contributed by atoms with Gasteiger partial charge < -0.3 is 19.0 Å². The van der Waals surface area contributed by atoms with E-state index in [9.17, 15) is 14.7 Å². The van der Waals surface area contributed by atoms with Crippen LogP contribution in [0.2, 0.25) is 0 Å². The van der Waals surface area contributed by atoms with Crippen molar-refractivity contribution >= 4 is 23.0 Å². The number of carbonyl (C=O) groups excluding carboxylic acids is 1. The Morgan fingerprint density at radius 1 is 1.18 bits per heavy atom. The van der Waals surface area contributed by atoms with E-state index < -0.39 is 11.6 Å². The van der Waals surface area contributed by atoms with E-state index in [1.54, 1.807) is 19.1 Å². The van der Waals surface area contributed by atoms with E-state index in [-0.39, 0.29) is 17.9 Å². The van der Waals surface area contributed by atoms with Crippen LogP contribution in [0.4, 0.5) is 0 Å². The standard InChI is InChI=1S/C22H20O6/c1-3-26-17-7-4-15(5-8-17)6-11-20(24)27-13-16-12-21(25)28-22-14(2)19(23)10-9-18(16)22/h4-12,23H,3,13H2,1-2H3/b11-6+. The van der Waals surface area contributed by atoms with Crippen molar-refractivity contribution in [1.29, 1.82) is 0 Å². The number of phenolic OH excluding ortho intramolecular Hbond substituents is 1. The molecule has 0 atom stereocenters. The lowest BCUT2D eigenvalue weighted by Gasteiger charge is -2.08. The lowest BCUT2D eigenvalue weighted by Crippen LogP contribution is -2.06. The van der Waals surface area contributed by atoms with E-state index in [0.29, 0.717) is 23.1 Å². The predicted molar refractivity (Wildman–Crippen MR) is 105 cm³/mol. The maximum Gasteiger partial charge on any atom is 0.336 e. The smallest absolute Gasteiger partial charge is 0.336 e. The largest absolute Gasteiger partial charge is 0.508 e. The summed E-state index contributed by atoms with van der Waals surface area (Å²) in [5.74, 6) is 0.257. The number of rotatable bonds is 6. The van der Waals surface area contributed by atoms with Crippen LogP contribution >= 0.6 is 0 Å². The van der Waals surface area contributed by atoms with Crippen molar-refractivity contribution < 1.29 is 23.8 Å². The van der Waals surface area contributed by atoms with Crippen LogP contribution in [0.5, 0.6) is 11.5 Å². The summed E-state index contributed by atoms with van der Waals surface area (Å²) in [4.78, 5) is 23.8. The maximum absolute atomic E-state index is 12.0. The van der Waals surface area contributed by atoms with Gasteiger partial charge in [-0.15, -0.1) is 0 Å². The number of esters is 1. The molecule has 0 radical (unpaired) electrons. The molecule has 0 aliphatic carbocycles. The lowest BCUT2D eigenvalue weighted by molar-refractivity contribution is -0.138. The molecule has 1 N–H and O–H groups in total. The second kappa shape index (κ2) is 8.43. The fraction of sp³-hybridized carbons (Fsp3) is 0.182. The van der Waals surface area contributed by atoms with E-state index in [1.165, 1.54) is 18.2 Å². The van der Waals surface area contributed by atoms with Crippen LogP contribution in [0.3, 0.4) is 0 Å². The van der Waals surface area contributed by atoms with Gasteiger partial charge in [0.05, 0.1) is 6.61 Å². The van der Waals surface area contributed by atoms with Crippen LogP contribution in [0, 0.1) is 6.92 Å². The highest BCUT2D eigenvalue weighted by atomic mass is 16.5. The lowest BCUT2D eigenvalue weighted by atomic mass is 10.1. The SMILES string of the molecule is CCOc1ccc(/C=C/C(=O)OCc2cc(=O)oc3c(C)c(O)ccc23)cc1. The number of benzene rings is 2. The molecule has 0 aliphatic rings. The molecule has 1 aromatic heterocycles. The summed E-state index contributed by atoms with van der Waals surface area (Å²) in [7, 11) is 0. The minimum absolute atomic E-state index is 0.0306. The number of aromatic hydroxyl groups is 1. The molecular formula is C22H20O6. The van der Waals surface area contributed by atoms with E-state index in [2.05, 4.69) is 0 Å². The van der Waals surface area contributed by atoms with Gasteiger partial charge in [-0.05, 0) is 49.8 Å². The first kappa shape index (κ1) is 19.2. The van der Waals surface area contributed by atoms with Crippen molar-refractivity contribution in [3.63, 3.8) is 0 Å². The van der Waals surface area contributed by atoms with Crippen molar-refractivity contribution in [2.24, 2.45) is 0 Å². The Labute approximate surface area is 161 Å². The molecule has 0 saturated carbocycles. The van der Waals surface area contributed by atoms with Gasteiger partial charge in [-0.25, -0.2) is 9.59 Å². The minimum Gasteiger partial charge on any atom is -0.508 e. The van der Waals surface area contributed by atoms with Crippen LogP contribution in [0.15, 0.2) is 57.8 Å². The first-order chi connectivity index (χ1) is 13.5. The summed E-state index contributed by atoms with van der Waals surface area (Å²) in [6.07, 6.45) is 2.96. The first-order valence-corrected chi connectivity index (χ1v) is 8.81. The number of hydrogen-bond acceptors (Lipinski definition) is 6. The van der Waals surface area contributed by atoms with Gasteiger partial charge in [-0.1, -0.05) is 12.1 Å². The van der Waals surface area contributed by atoms with Crippen molar-refractivity contribution in [1.82, 2.24) is 0 Å². The Balaban J connectivity index is 1.71. The summed E-state index contributed by atoms with van der Waals surface area (Å²) >= 11 is 0. The van der Waals surface area contributed by atoms with Gasteiger partial charge in [0.2, 0.25) is 0 Å². The minimum atomic E-state index is -0.572. The molecule has 0 fully saturated rings. The van der Waals surface area contributed by atoms with Crippen LogP contribution < -0.4 is 10.4 Å². The number of carbonyl (C=O) groups is 1. The third-order valence-electron chi connectivity index (χ3n) is 4.19. The number of ether oxygens (including phenoxy) is 2. The quantitative estimate of drug-likeness (QED) is 0.396. The average Bonchev–Trinajstić information content (AvgIpc) is 2.69. The fourth-order valence-electron chi connectivity index (χ4n) is 2.74. The van der Waals surface area contributed by atoms with Gasteiger partial charge in [-0.3, -0.25) is 0 Å². The zero-order chi connectivity index (χ0) is 20.1. The molecule has 3 aromatic rings. The monoisotopic (exact) mass is 380 g/mol. The zero-order valence-electron chi connectivity index (χ0n) is 15.6. The summed E-state index contributed by atoms with van der Waals surface area (Å²) in [5, 5.41) is 10.4. The molecule has 0 saturated heterocycles. The average molecular weight is 380 g/mol. The van der Waals surface area contributed by atoms with Gasteiger partial charge in [-0.2, -0.15) is 0 Å². The Bertz CT molecular complexity index is 1080. The van der Waals surface area contributed by atoms with Crippen molar-refractivity contribution in [3.05, 3.63) is 75.7 Å². The van der Waals surface area contributed by atoms with Gasteiger partial charge >= 0.3 is 11.6 Å². The van der Waals surface area contributed by atoms with Crippen molar-refractivity contribution in [2.75, 3.05) is 6.61 Å². The van der Waals surface area contributed by atoms with Crippen LogP contribution in [0.25, 0.3) is 17.0 Å². The van der Waals surface area contributed by atoms with Crippen molar-refractivity contribution in [2.45, 2.75) is 20.5 Å². The highest BCUT2D eigenvalue weighted by Gasteiger charge is 2.11. The summed E-state index contributed by atoms with van der Waals surface area (Å²) in [6, 6.07) is 11.7. The topological polar surface area (TPSA) is 86.0 Å². The molecule has 2 aromatic carbocycles. The summed E-state index contributed by atoms with van der Waals surface area (Å²) in [5.41, 5.74) is 1.51. The fourth-order valence-corrected chi connectivity index (χ4v) is 2.74. The summed E-state index contributed by atoms with van der Waals surface area (Å²) < 4.78 is 15.8. The Morgan fingerprint density at radius 2 is 1.93 bits per heavy atom. The van der Waals surface area contributed by atoms with E-state index >= 15 is 0 Å². The van der Waals surface area contributed by atoms with E-state index in [0.717, 1.165) is 11.3 Å². The Kier molecular flexibility index (Phi) is 5.79. The van der Waals surface area contributed by atoms with Gasteiger partial charge in [0.15, 0.2) is 0 Å². The molecule has 0 amide bonds. The third-order valence-corrected chi connectivity index (χ3v) is 4.19. The second-order valence-corrected chi connectivity index (χ2v) is 6.12. The molecule has 1 heterocycles. The number of aryl methyl sites for hydroxylation is 1. The van der Waals surface area contributed by atoms with Crippen LogP contribution in [0.1, 0.15) is 23.6 Å². The molecule has 6 heteroatoms. The zero-order valence-corrected chi connectivity index (χ0v) is 15.6. The molecule has 6 nitrogen and oxygen atoms in total. The maximum atomic E-state index is 12.0. The number of hydrogen-bond donors (Lipinski definition) is 1. The highest BCUT2D eigenvalue weighted by molar-refractivity contribution is 5.88. The Morgan fingerprint density at radius 3 is 2.64 bits per heavy atom. The molecule has 3 rings (SSSR count). The predicted octanol–water partition coefficient (Wildman–Crippen LogP) is 3.96. The van der Waals surface area contributed by atoms with Crippen molar-refractivity contribution in [3.8, 4) is 11.5 Å². The molecule has 144 valence electrons. The molecule has 0 bridgehead atoms. The highest BCUT2D eigenvalue weighted by Crippen LogP contribution is 2.27. The van der Waals surface area contributed by atoms with Gasteiger partial charge in [0, 0.05) is 28.7 Å². The second-order valence-electron chi connectivity index (χ2n) is 6.12. The van der Waals surface area contributed by atoms with Gasteiger partial charge in [0.1, 0.15) is 23.7 Å². The molecule has 0 unspecified atom stereocenters. The molecule has 0 aliphatic heterocycles. The van der Waals surface area contributed by atoms with E-state index in [4.69, 9.17) is 13.9 Å². The number of fused-ring (bicyclic) bond motifs is 1. The Hall–Kier alpha value is -3.54. The first-order valence-electron chi connectivity index (χ1n) is 8.81. The third kappa shape index (κ3) is 4.40. The van der Waals surface area contributed by atoms with E-state index in [1.807, 2.05) is 31.2 Å². The molecule has 28 heavy (non-hydrogen) atoms. The normalized spacial score (nSPS) is 11.1. The molecular weight excluding hydrogens is 360 g/mol.